The molecule has 0 saturated carbocycles. The van der Waals surface area contributed by atoms with Crippen LogP contribution in [0.4, 0.5) is 4.39 Å². The van der Waals surface area contributed by atoms with Crippen LogP contribution in [0.25, 0.3) is 21.8 Å². The normalized spacial score (nSPS) is 11.6. The highest BCUT2D eigenvalue weighted by Crippen LogP contribution is 2.36. The number of methoxy groups -OCH3 is 1. The molecule has 0 fully saturated rings. The van der Waals surface area contributed by atoms with E-state index in [9.17, 15) is 14.0 Å². The molecule has 0 saturated heterocycles. The topological polar surface area (TPSA) is 85.3 Å². The molecule has 0 aliphatic heterocycles. The van der Waals surface area contributed by atoms with Gasteiger partial charge in [0.05, 0.1) is 23.8 Å². The van der Waals surface area contributed by atoms with Gasteiger partial charge in [0, 0.05) is 28.8 Å². The van der Waals surface area contributed by atoms with Gasteiger partial charge in [-0.3, -0.25) is 9.59 Å². The summed E-state index contributed by atoms with van der Waals surface area (Å²) in [5.74, 6) is -0.514. The monoisotopic (exact) mass is 499 g/mol. The zero-order chi connectivity index (χ0) is 25.4. The second-order valence-corrected chi connectivity index (χ2v) is 9.29. The van der Waals surface area contributed by atoms with Crippen LogP contribution in [0.3, 0.4) is 0 Å². The van der Waals surface area contributed by atoms with E-state index in [0.717, 1.165) is 10.9 Å². The maximum absolute atomic E-state index is 14.7. The Morgan fingerprint density at radius 2 is 1.86 bits per heavy atom. The largest absolute Gasteiger partial charge is 0.496 e. The van der Waals surface area contributed by atoms with Crippen molar-refractivity contribution >= 4 is 45.1 Å². The standard InChI is InChI=1S/C26H27ClFN3O4/c1-13(2)25(32)20-10-15-19(7-6-8-21(15)34-5)31(20)12-35-22-11-17(28)23(27)24-16(22)9-18(30-24)26(33)29-14(3)4/h6-11,13-14,30H,12H2,1-5H3,(H,29,33). The molecule has 1 amide bonds. The summed E-state index contributed by atoms with van der Waals surface area (Å²) in [5.41, 5.74) is 1.69. The number of carbonyl (C=O) groups is 2. The molecular weight excluding hydrogens is 473 g/mol. The molecule has 2 N–H and O–H groups in total. The first-order valence-electron chi connectivity index (χ1n) is 11.3. The van der Waals surface area contributed by atoms with Gasteiger partial charge < -0.3 is 24.3 Å². The summed E-state index contributed by atoms with van der Waals surface area (Å²) in [4.78, 5) is 28.4. The molecule has 2 aromatic heterocycles. The van der Waals surface area contributed by atoms with Crippen LogP contribution in [0.2, 0.25) is 5.02 Å². The fourth-order valence-corrected chi connectivity index (χ4v) is 4.19. The number of benzene rings is 2. The van der Waals surface area contributed by atoms with Crippen molar-refractivity contribution in [2.45, 2.75) is 40.5 Å². The molecule has 0 aliphatic carbocycles. The minimum absolute atomic E-state index is 0.0615. The number of aromatic nitrogens is 2. The number of hydrogen-bond donors (Lipinski definition) is 2. The predicted octanol–water partition coefficient (Wildman–Crippen LogP) is 5.94. The van der Waals surface area contributed by atoms with E-state index in [2.05, 4.69) is 10.3 Å². The van der Waals surface area contributed by atoms with E-state index >= 15 is 0 Å². The molecule has 0 spiro atoms. The van der Waals surface area contributed by atoms with E-state index in [1.54, 1.807) is 23.8 Å². The lowest BCUT2D eigenvalue weighted by molar-refractivity contribution is 0.0920. The number of fused-ring (bicyclic) bond motifs is 2. The van der Waals surface area contributed by atoms with E-state index < -0.39 is 5.82 Å². The molecule has 7 nitrogen and oxygen atoms in total. The van der Waals surface area contributed by atoms with E-state index in [4.69, 9.17) is 21.1 Å². The number of rotatable bonds is 8. The number of ether oxygens (including phenoxy) is 2. The molecule has 4 rings (SSSR count). The first-order valence-corrected chi connectivity index (χ1v) is 11.6. The van der Waals surface area contributed by atoms with Crippen molar-refractivity contribution < 1.29 is 23.5 Å². The highest BCUT2D eigenvalue weighted by Gasteiger charge is 2.22. The van der Waals surface area contributed by atoms with Gasteiger partial charge in [-0.15, -0.1) is 0 Å². The molecular formula is C26H27ClFN3O4. The van der Waals surface area contributed by atoms with Crippen molar-refractivity contribution in [3.05, 3.63) is 58.6 Å². The van der Waals surface area contributed by atoms with E-state index in [1.807, 2.05) is 45.9 Å². The number of aromatic amines is 1. The molecule has 2 heterocycles. The van der Waals surface area contributed by atoms with Crippen molar-refractivity contribution in [1.82, 2.24) is 14.9 Å². The minimum Gasteiger partial charge on any atom is -0.496 e. The van der Waals surface area contributed by atoms with Crippen LogP contribution < -0.4 is 14.8 Å². The maximum Gasteiger partial charge on any atom is 0.267 e. The minimum atomic E-state index is -0.690. The molecule has 0 radical (unpaired) electrons. The van der Waals surface area contributed by atoms with E-state index in [-0.39, 0.29) is 52.4 Å². The van der Waals surface area contributed by atoms with Crippen molar-refractivity contribution in [3.63, 3.8) is 0 Å². The average Bonchev–Trinajstić information content (AvgIpc) is 3.42. The van der Waals surface area contributed by atoms with Gasteiger partial charge in [0.25, 0.3) is 5.91 Å². The first kappa shape index (κ1) is 24.6. The Hall–Kier alpha value is -3.52. The van der Waals surface area contributed by atoms with Gasteiger partial charge in [-0.25, -0.2) is 4.39 Å². The lowest BCUT2D eigenvalue weighted by atomic mass is 10.1. The number of halogens is 2. The van der Waals surface area contributed by atoms with Crippen LogP contribution in [0, 0.1) is 11.7 Å². The van der Waals surface area contributed by atoms with Crippen molar-refractivity contribution in [2.24, 2.45) is 5.92 Å². The molecule has 0 atom stereocenters. The van der Waals surface area contributed by atoms with Crippen molar-refractivity contribution in [1.29, 1.82) is 0 Å². The summed E-state index contributed by atoms with van der Waals surface area (Å²) in [5, 5.41) is 3.87. The molecule has 2 aromatic carbocycles. The quantitative estimate of drug-likeness (QED) is 0.294. The number of H-pyrrole nitrogens is 1. The summed E-state index contributed by atoms with van der Waals surface area (Å²) < 4.78 is 27.9. The Morgan fingerprint density at radius 1 is 1.11 bits per heavy atom. The fourth-order valence-electron chi connectivity index (χ4n) is 3.99. The lowest BCUT2D eigenvalue weighted by Gasteiger charge is -2.14. The second-order valence-electron chi connectivity index (χ2n) is 8.91. The summed E-state index contributed by atoms with van der Waals surface area (Å²) in [6.07, 6.45) is 0. The van der Waals surface area contributed by atoms with Gasteiger partial charge in [0.15, 0.2) is 12.5 Å². The summed E-state index contributed by atoms with van der Waals surface area (Å²) in [7, 11) is 1.57. The summed E-state index contributed by atoms with van der Waals surface area (Å²) in [6, 6.07) is 9.96. The summed E-state index contributed by atoms with van der Waals surface area (Å²) >= 11 is 6.18. The number of amides is 1. The third-order valence-electron chi connectivity index (χ3n) is 5.69. The number of ketones is 1. The Labute approximate surface area is 207 Å². The van der Waals surface area contributed by atoms with Gasteiger partial charge in [-0.1, -0.05) is 31.5 Å². The summed E-state index contributed by atoms with van der Waals surface area (Å²) in [6.45, 7) is 7.26. The van der Waals surface area contributed by atoms with Crippen LogP contribution in [-0.2, 0) is 6.73 Å². The molecule has 4 aromatic rings. The lowest BCUT2D eigenvalue weighted by Crippen LogP contribution is -2.30. The van der Waals surface area contributed by atoms with Crippen molar-refractivity contribution in [2.75, 3.05) is 7.11 Å². The average molecular weight is 500 g/mol. The second kappa shape index (κ2) is 9.62. The van der Waals surface area contributed by atoms with E-state index in [1.165, 1.54) is 6.07 Å². The third kappa shape index (κ3) is 4.58. The Bertz CT molecular complexity index is 1440. The maximum atomic E-state index is 14.7. The number of nitrogens with one attached hydrogen (secondary N) is 2. The van der Waals surface area contributed by atoms with Gasteiger partial charge in [0.1, 0.15) is 28.0 Å². The van der Waals surface area contributed by atoms with Crippen LogP contribution >= 0.6 is 11.6 Å². The van der Waals surface area contributed by atoms with Gasteiger partial charge in [0.2, 0.25) is 0 Å². The fraction of sp³-hybridized carbons (Fsp3) is 0.308. The predicted molar refractivity (Wildman–Crippen MR) is 134 cm³/mol. The van der Waals surface area contributed by atoms with Crippen LogP contribution in [0.15, 0.2) is 36.4 Å². The smallest absolute Gasteiger partial charge is 0.267 e. The zero-order valence-corrected chi connectivity index (χ0v) is 20.9. The number of carbonyl (C=O) groups excluding carboxylic acids is 2. The Balaban J connectivity index is 1.78. The number of nitrogens with zero attached hydrogens (tertiary/aromatic N) is 1. The van der Waals surface area contributed by atoms with Crippen LogP contribution in [0.5, 0.6) is 11.5 Å². The van der Waals surface area contributed by atoms with Crippen molar-refractivity contribution in [3.8, 4) is 11.5 Å². The Kier molecular flexibility index (Phi) is 6.76. The third-order valence-corrected chi connectivity index (χ3v) is 6.06. The Morgan fingerprint density at radius 3 is 2.51 bits per heavy atom. The molecule has 0 bridgehead atoms. The van der Waals surface area contributed by atoms with Crippen LogP contribution in [0.1, 0.15) is 48.7 Å². The molecule has 0 unspecified atom stereocenters. The van der Waals surface area contributed by atoms with Crippen LogP contribution in [-0.4, -0.2) is 34.4 Å². The highest BCUT2D eigenvalue weighted by molar-refractivity contribution is 6.35. The first-order chi connectivity index (χ1) is 16.6. The molecule has 35 heavy (non-hydrogen) atoms. The molecule has 184 valence electrons. The van der Waals surface area contributed by atoms with Gasteiger partial charge in [-0.2, -0.15) is 0 Å². The zero-order valence-electron chi connectivity index (χ0n) is 20.2. The highest BCUT2D eigenvalue weighted by atomic mass is 35.5. The SMILES string of the molecule is COc1cccc2c1cc(C(=O)C(C)C)n2COc1cc(F)c(Cl)c2[nH]c(C(=O)NC(C)C)cc12. The number of Topliss-reactive ketones (excluding diaryl/α,β-unsaturated/α-hetero) is 1. The number of hydrogen-bond acceptors (Lipinski definition) is 4. The van der Waals surface area contributed by atoms with Gasteiger partial charge in [-0.05, 0) is 38.1 Å². The van der Waals surface area contributed by atoms with Gasteiger partial charge >= 0.3 is 0 Å². The van der Waals surface area contributed by atoms with E-state index in [0.29, 0.717) is 16.8 Å². The molecule has 9 heteroatoms. The molecule has 0 aliphatic rings.